The van der Waals surface area contributed by atoms with Gasteiger partial charge in [-0.25, -0.2) is 4.98 Å². The summed E-state index contributed by atoms with van der Waals surface area (Å²) in [7, 11) is 0. The van der Waals surface area contributed by atoms with Crippen molar-refractivity contribution in [1.29, 1.82) is 0 Å². The summed E-state index contributed by atoms with van der Waals surface area (Å²) in [6.45, 7) is 2.00. The van der Waals surface area contributed by atoms with E-state index in [1.807, 2.05) is 0 Å². The highest BCUT2D eigenvalue weighted by atomic mass is 32.2. The van der Waals surface area contributed by atoms with Gasteiger partial charge < -0.3 is 15.6 Å². The molecule has 2 aliphatic carbocycles. The van der Waals surface area contributed by atoms with E-state index in [0.29, 0.717) is 11.6 Å². The van der Waals surface area contributed by atoms with Crippen molar-refractivity contribution in [3.05, 3.63) is 6.33 Å². The van der Waals surface area contributed by atoms with E-state index in [0.717, 1.165) is 0 Å². The number of aliphatic carboxylic acids is 1. The number of carboxylic acids is 1. The number of aromatic amines is 1. The van der Waals surface area contributed by atoms with Crippen molar-refractivity contribution in [3.8, 4) is 0 Å². The first-order valence-electron chi connectivity index (χ1n) is 6.70. The first-order valence-corrected chi connectivity index (χ1v) is 7.58. The van der Waals surface area contributed by atoms with Crippen molar-refractivity contribution >= 4 is 23.7 Å². The normalized spacial score (nSPS) is 37.0. The number of esters is 1. The molecule has 4 N–H and O–H groups in total. The predicted molar refractivity (Wildman–Crippen MR) is 72.3 cm³/mol. The molecule has 5 unspecified atom stereocenters. The first kappa shape index (κ1) is 14.3. The molecule has 0 aliphatic heterocycles. The Hall–Kier alpha value is -1.61. The lowest BCUT2D eigenvalue weighted by atomic mass is 9.91. The molecule has 0 bridgehead atoms. The standard InChI is InChI=1S/C12H16N4O4S/c1-2-20-9(17)7-6-5(21-11-14-4-15-16-11)3-12(13,8(6)7)10(18)19/h4-8H,2-3,13H2,1H3,(H,18,19)(H,14,15,16). The van der Waals surface area contributed by atoms with Crippen LogP contribution in [0.2, 0.25) is 0 Å². The van der Waals surface area contributed by atoms with Crippen LogP contribution in [0, 0.1) is 17.8 Å². The summed E-state index contributed by atoms with van der Waals surface area (Å²) < 4.78 is 5.03. The number of fused-ring (bicyclic) bond motifs is 1. The number of carboxylic acid groups (broad SMARTS) is 1. The Bertz CT molecular complexity index is 566. The van der Waals surface area contributed by atoms with Crippen LogP contribution in [-0.2, 0) is 14.3 Å². The van der Waals surface area contributed by atoms with Crippen molar-refractivity contribution in [2.75, 3.05) is 6.61 Å². The molecule has 5 atom stereocenters. The Morgan fingerprint density at radius 2 is 2.43 bits per heavy atom. The number of carbonyl (C=O) groups is 2. The van der Waals surface area contributed by atoms with E-state index in [-0.39, 0.29) is 29.7 Å². The average molecular weight is 312 g/mol. The average Bonchev–Trinajstić information content (AvgIpc) is 2.85. The quantitative estimate of drug-likeness (QED) is 0.641. The van der Waals surface area contributed by atoms with Crippen LogP contribution >= 0.6 is 11.8 Å². The van der Waals surface area contributed by atoms with Crippen LogP contribution in [0.5, 0.6) is 0 Å². The fourth-order valence-corrected chi connectivity index (χ4v) is 4.71. The van der Waals surface area contributed by atoms with E-state index in [1.54, 1.807) is 6.92 Å². The molecule has 9 heteroatoms. The van der Waals surface area contributed by atoms with E-state index < -0.39 is 17.4 Å². The van der Waals surface area contributed by atoms with Crippen LogP contribution in [0.1, 0.15) is 13.3 Å². The van der Waals surface area contributed by atoms with Crippen LogP contribution in [0.4, 0.5) is 0 Å². The van der Waals surface area contributed by atoms with Gasteiger partial charge in [0.1, 0.15) is 11.9 Å². The molecule has 3 rings (SSSR count). The third-order valence-electron chi connectivity index (χ3n) is 4.25. The third-order valence-corrected chi connectivity index (χ3v) is 5.45. The smallest absolute Gasteiger partial charge is 0.324 e. The number of aromatic nitrogens is 3. The highest BCUT2D eigenvalue weighted by Gasteiger charge is 2.74. The second kappa shape index (κ2) is 4.99. The number of nitrogens with zero attached hydrogens (tertiary/aromatic N) is 2. The van der Waals surface area contributed by atoms with Crippen molar-refractivity contribution < 1.29 is 19.4 Å². The van der Waals surface area contributed by atoms with Crippen molar-refractivity contribution in [2.45, 2.75) is 29.3 Å². The van der Waals surface area contributed by atoms with Gasteiger partial charge >= 0.3 is 11.9 Å². The molecule has 1 aromatic rings. The molecule has 1 aromatic heterocycles. The van der Waals surface area contributed by atoms with E-state index in [1.165, 1.54) is 18.1 Å². The molecule has 0 saturated heterocycles. The minimum atomic E-state index is -1.38. The Labute approximate surface area is 124 Å². The maximum atomic E-state index is 12.0. The monoisotopic (exact) mass is 312 g/mol. The molecule has 0 radical (unpaired) electrons. The molecule has 0 amide bonds. The number of carbonyl (C=O) groups excluding carboxylic acids is 1. The summed E-state index contributed by atoms with van der Waals surface area (Å²) in [6, 6.07) is 0. The van der Waals surface area contributed by atoms with Crippen molar-refractivity contribution in [3.63, 3.8) is 0 Å². The Balaban J connectivity index is 1.80. The summed E-state index contributed by atoms with van der Waals surface area (Å²) in [5.41, 5.74) is 4.69. The molecule has 1 heterocycles. The van der Waals surface area contributed by atoms with Crippen LogP contribution in [0.3, 0.4) is 0 Å². The van der Waals surface area contributed by atoms with Gasteiger partial charge in [0.2, 0.25) is 0 Å². The number of hydrogen-bond acceptors (Lipinski definition) is 7. The highest BCUT2D eigenvalue weighted by molar-refractivity contribution is 7.99. The summed E-state index contributed by atoms with van der Waals surface area (Å²) in [5, 5.41) is 16.4. The van der Waals surface area contributed by atoms with E-state index in [2.05, 4.69) is 15.2 Å². The Kier molecular flexibility index (Phi) is 3.40. The molecular formula is C12H16N4O4S. The molecule has 0 aromatic carbocycles. The fourth-order valence-electron chi connectivity index (χ4n) is 3.35. The molecule has 114 valence electrons. The lowest BCUT2D eigenvalue weighted by Crippen LogP contribution is -2.50. The topological polar surface area (TPSA) is 131 Å². The van der Waals surface area contributed by atoms with Crippen LogP contribution in [0.15, 0.2) is 11.5 Å². The Morgan fingerprint density at radius 1 is 1.67 bits per heavy atom. The van der Waals surface area contributed by atoms with Crippen LogP contribution < -0.4 is 5.73 Å². The van der Waals surface area contributed by atoms with Gasteiger partial charge in [-0.2, -0.15) is 5.10 Å². The number of thioether (sulfide) groups is 1. The van der Waals surface area contributed by atoms with Gasteiger partial charge in [-0.15, -0.1) is 0 Å². The third kappa shape index (κ3) is 2.20. The number of hydrogen-bond donors (Lipinski definition) is 3. The van der Waals surface area contributed by atoms with E-state index >= 15 is 0 Å². The summed E-state index contributed by atoms with van der Waals surface area (Å²) in [6.07, 6.45) is 1.69. The predicted octanol–water partition coefficient (Wildman–Crippen LogP) is -0.123. The molecular weight excluding hydrogens is 296 g/mol. The molecule has 0 spiro atoms. The number of rotatable bonds is 5. The summed E-state index contributed by atoms with van der Waals surface area (Å²) >= 11 is 1.39. The molecule has 2 fully saturated rings. The number of nitrogens with one attached hydrogen (secondary N) is 1. The zero-order chi connectivity index (χ0) is 15.2. The first-order chi connectivity index (χ1) is 9.99. The molecule has 8 nitrogen and oxygen atoms in total. The largest absolute Gasteiger partial charge is 0.480 e. The number of H-pyrrole nitrogens is 1. The van der Waals surface area contributed by atoms with Gasteiger partial charge in [-0.3, -0.25) is 14.7 Å². The van der Waals surface area contributed by atoms with E-state index in [4.69, 9.17) is 10.5 Å². The van der Waals surface area contributed by atoms with Gasteiger partial charge in [0.25, 0.3) is 0 Å². The van der Waals surface area contributed by atoms with Gasteiger partial charge in [-0.05, 0) is 19.3 Å². The molecule has 2 saturated carbocycles. The number of ether oxygens (including phenoxy) is 1. The van der Waals surface area contributed by atoms with Gasteiger partial charge in [-0.1, -0.05) is 11.8 Å². The maximum Gasteiger partial charge on any atom is 0.324 e. The number of nitrogens with two attached hydrogens (primary N) is 1. The minimum absolute atomic E-state index is 0.0831. The minimum Gasteiger partial charge on any atom is -0.480 e. The zero-order valence-electron chi connectivity index (χ0n) is 11.4. The van der Waals surface area contributed by atoms with E-state index in [9.17, 15) is 14.7 Å². The highest BCUT2D eigenvalue weighted by Crippen LogP contribution is 2.65. The zero-order valence-corrected chi connectivity index (χ0v) is 12.2. The SMILES string of the molecule is CCOC(=O)C1C2C(Sc3ncn[nH]3)CC(N)(C(=O)O)C12. The molecule has 2 aliphatic rings. The second-order valence-electron chi connectivity index (χ2n) is 5.38. The fraction of sp³-hybridized carbons (Fsp3) is 0.667. The lowest BCUT2D eigenvalue weighted by Gasteiger charge is -2.24. The molecule has 21 heavy (non-hydrogen) atoms. The van der Waals surface area contributed by atoms with Crippen LogP contribution in [0.25, 0.3) is 0 Å². The lowest BCUT2D eigenvalue weighted by molar-refractivity contribution is -0.147. The second-order valence-corrected chi connectivity index (χ2v) is 6.61. The summed E-state index contributed by atoms with van der Waals surface area (Å²) in [4.78, 5) is 27.5. The Morgan fingerprint density at radius 3 is 3.00 bits per heavy atom. The maximum absolute atomic E-state index is 12.0. The van der Waals surface area contributed by atoms with Crippen molar-refractivity contribution in [1.82, 2.24) is 15.2 Å². The van der Waals surface area contributed by atoms with Crippen LogP contribution in [-0.4, -0.2) is 49.6 Å². The van der Waals surface area contributed by atoms with Crippen molar-refractivity contribution in [2.24, 2.45) is 23.5 Å². The van der Waals surface area contributed by atoms with Gasteiger partial charge in [0.15, 0.2) is 5.16 Å². The van der Waals surface area contributed by atoms with Gasteiger partial charge in [0.05, 0.1) is 12.5 Å². The summed E-state index contributed by atoms with van der Waals surface area (Å²) in [5.74, 6) is -2.30. The van der Waals surface area contributed by atoms with Gasteiger partial charge in [0, 0.05) is 11.2 Å².